The summed E-state index contributed by atoms with van der Waals surface area (Å²) in [6, 6.07) is 14.4. The first-order valence-electron chi connectivity index (χ1n) is 5.69. The van der Waals surface area contributed by atoms with E-state index in [9.17, 15) is 4.79 Å². The monoisotopic (exact) mass is 241 g/mol. The van der Waals surface area contributed by atoms with E-state index in [1.165, 1.54) is 0 Å². The summed E-state index contributed by atoms with van der Waals surface area (Å²) in [7, 11) is 1.64. The summed E-state index contributed by atoms with van der Waals surface area (Å²) in [4.78, 5) is 12.2. The van der Waals surface area contributed by atoms with E-state index in [4.69, 9.17) is 10.5 Å². The number of carbonyl (C=O) groups is 1. The molecule has 0 aliphatic heterocycles. The second-order valence-corrected chi connectivity index (χ2v) is 4.08. The summed E-state index contributed by atoms with van der Waals surface area (Å²) in [5.41, 5.74) is 8.57. The van der Waals surface area contributed by atoms with E-state index in [0.717, 1.165) is 5.56 Å². The van der Waals surface area contributed by atoms with Crippen LogP contribution in [-0.2, 0) is 11.3 Å². The maximum atomic E-state index is 12.2. The highest BCUT2D eigenvalue weighted by Crippen LogP contribution is 2.14. The molecule has 92 valence electrons. The van der Waals surface area contributed by atoms with Gasteiger partial charge in [0.25, 0.3) is 0 Å². The minimum atomic E-state index is -0.0220. The fourth-order valence-electron chi connectivity index (χ4n) is 1.77. The van der Waals surface area contributed by atoms with Gasteiger partial charge in [0.05, 0.1) is 6.61 Å². The number of benzene rings is 2. The summed E-state index contributed by atoms with van der Waals surface area (Å²) in [6.45, 7) is 0.548. The van der Waals surface area contributed by atoms with Crippen LogP contribution in [0.4, 0.5) is 5.69 Å². The van der Waals surface area contributed by atoms with E-state index in [1.54, 1.807) is 43.5 Å². The zero-order valence-corrected chi connectivity index (χ0v) is 10.2. The van der Waals surface area contributed by atoms with E-state index in [0.29, 0.717) is 23.4 Å². The number of carbonyl (C=O) groups excluding carboxylic acids is 1. The molecule has 2 aromatic carbocycles. The van der Waals surface area contributed by atoms with Crippen molar-refractivity contribution in [2.45, 2.75) is 6.61 Å². The van der Waals surface area contributed by atoms with Crippen LogP contribution in [0.25, 0.3) is 0 Å². The van der Waals surface area contributed by atoms with Gasteiger partial charge in [0.15, 0.2) is 5.78 Å². The van der Waals surface area contributed by atoms with Gasteiger partial charge in [-0.05, 0) is 17.7 Å². The van der Waals surface area contributed by atoms with Crippen LogP contribution in [0.5, 0.6) is 0 Å². The molecule has 18 heavy (non-hydrogen) atoms. The quantitative estimate of drug-likeness (QED) is 0.661. The second-order valence-electron chi connectivity index (χ2n) is 4.08. The molecular weight excluding hydrogens is 226 g/mol. The number of ether oxygens (including phenoxy) is 1. The Morgan fingerprint density at radius 3 is 2.44 bits per heavy atom. The molecule has 0 unspecified atom stereocenters. The molecule has 0 aliphatic rings. The van der Waals surface area contributed by atoms with Gasteiger partial charge in [-0.1, -0.05) is 36.4 Å². The fraction of sp³-hybridized carbons (Fsp3) is 0.133. The van der Waals surface area contributed by atoms with Crippen LogP contribution in [0.1, 0.15) is 21.5 Å². The Kier molecular flexibility index (Phi) is 3.75. The van der Waals surface area contributed by atoms with Crippen molar-refractivity contribution < 1.29 is 9.53 Å². The number of ketones is 1. The topological polar surface area (TPSA) is 52.3 Å². The number of rotatable bonds is 4. The van der Waals surface area contributed by atoms with Crippen LogP contribution in [0, 0.1) is 0 Å². The molecule has 2 aromatic rings. The van der Waals surface area contributed by atoms with Crippen molar-refractivity contribution >= 4 is 11.5 Å². The van der Waals surface area contributed by atoms with E-state index in [-0.39, 0.29) is 5.78 Å². The summed E-state index contributed by atoms with van der Waals surface area (Å²) >= 11 is 0. The summed E-state index contributed by atoms with van der Waals surface area (Å²) in [5.74, 6) is -0.0220. The maximum Gasteiger partial charge on any atom is 0.193 e. The first-order chi connectivity index (χ1) is 8.70. The van der Waals surface area contributed by atoms with E-state index in [2.05, 4.69) is 0 Å². The largest absolute Gasteiger partial charge is 0.399 e. The standard InChI is InChI=1S/C15H15NO2/c1-18-10-11-5-7-12(8-6-11)15(17)13-3-2-4-14(16)9-13/h2-9H,10,16H2,1H3. The lowest BCUT2D eigenvalue weighted by Gasteiger charge is -2.04. The molecule has 0 radical (unpaired) electrons. The van der Waals surface area contributed by atoms with Gasteiger partial charge < -0.3 is 10.5 Å². The van der Waals surface area contributed by atoms with Crippen molar-refractivity contribution in [1.29, 1.82) is 0 Å². The molecule has 0 saturated heterocycles. The average molecular weight is 241 g/mol. The zero-order chi connectivity index (χ0) is 13.0. The lowest BCUT2D eigenvalue weighted by Crippen LogP contribution is -2.02. The molecule has 0 spiro atoms. The van der Waals surface area contributed by atoms with Crippen LogP contribution in [-0.4, -0.2) is 12.9 Å². The van der Waals surface area contributed by atoms with Crippen molar-refractivity contribution in [3.05, 3.63) is 65.2 Å². The van der Waals surface area contributed by atoms with Gasteiger partial charge in [-0.25, -0.2) is 0 Å². The van der Waals surface area contributed by atoms with Crippen LogP contribution in [0.3, 0.4) is 0 Å². The number of anilines is 1. The van der Waals surface area contributed by atoms with Gasteiger partial charge in [0.1, 0.15) is 0 Å². The number of hydrogen-bond acceptors (Lipinski definition) is 3. The lowest BCUT2D eigenvalue weighted by molar-refractivity contribution is 0.103. The third-order valence-corrected chi connectivity index (χ3v) is 2.68. The maximum absolute atomic E-state index is 12.2. The van der Waals surface area contributed by atoms with E-state index < -0.39 is 0 Å². The predicted molar refractivity (Wildman–Crippen MR) is 71.4 cm³/mol. The minimum Gasteiger partial charge on any atom is -0.399 e. The molecule has 0 aromatic heterocycles. The van der Waals surface area contributed by atoms with Gasteiger partial charge in [-0.15, -0.1) is 0 Å². The third-order valence-electron chi connectivity index (χ3n) is 2.68. The number of hydrogen-bond donors (Lipinski definition) is 1. The molecule has 0 atom stereocenters. The normalized spacial score (nSPS) is 10.3. The van der Waals surface area contributed by atoms with Gasteiger partial charge in [0, 0.05) is 23.9 Å². The molecule has 0 saturated carbocycles. The highest BCUT2D eigenvalue weighted by Gasteiger charge is 2.08. The Morgan fingerprint density at radius 1 is 1.11 bits per heavy atom. The van der Waals surface area contributed by atoms with Gasteiger partial charge in [-0.2, -0.15) is 0 Å². The van der Waals surface area contributed by atoms with Crippen LogP contribution >= 0.6 is 0 Å². The van der Waals surface area contributed by atoms with Crippen molar-refractivity contribution in [2.24, 2.45) is 0 Å². The number of methoxy groups -OCH3 is 1. The highest BCUT2D eigenvalue weighted by atomic mass is 16.5. The Bertz CT molecular complexity index is 547. The summed E-state index contributed by atoms with van der Waals surface area (Å²) in [6.07, 6.45) is 0. The fourth-order valence-corrected chi connectivity index (χ4v) is 1.77. The first-order valence-corrected chi connectivity index (χ1v) is 5.69. The predicted octanol–water partition coefficient (Wildman–Crippen LogP) is 2.65. The molecule has 3 nitrogen and oxygen atoms in total. The zero-order valence-electron chi connectivity index (χ0n) is 10.2. The number of nitrogens with two attached hydrogens (primary N) is 1. The van der Waals surface area contributed by atoms with Crippen molar-refractivity contribution in [3.8, 4) is 0 Å². The average Bonchev–Trinajstić information content (AvgIpc) is 2.39. The SMILES string of the molecule is COCc1ccc(C(=O)c2cccc(N)c2)cc1. The molecule has 0 bridgehead atoms. The van der Waals surface area contributed by atoms with Crippen molar-refractivity contribution in [2.75, 3.05) is 12.8 Å². The first kappa shape index (κ1) is 12.3. The van der Waals surface area contributed by atoms with Crippen LogP contribution in [0.15, 0.2) is 48.5 Å². The lowest BCUT2D eigenvalue weighted by atomic mass is 10.0. The molecule has 0 aliphatic carbocycles. The Morgan fingerprint density at radius 2 is 1.83 bits per heavy atom. The Balaban J connectivity index is 2.23. The minimum absolute atomic E-state index is 0.0220. The Labute approximate surface area is 106 Å². The molecule has 0 heterocycles. The molecule has 0 fully saturated rings. The highest BCUT2D eigenvalue weighted by molar-refractivity contribution is 6.09. The van der Waals surface area contributed by atoms with E-state index in [1.807, 2.05) is 12.1 Å². The molecular formula is C15H15NO2. The molecule has 2 N–H and O–H groups in total. The van der Waals surface area contributed by atoms with Crippen LogP contribution < -0.4 is 5.73 Å². The van der Waals surface area contributed by atoms with Gasteiger partial charge in [0.2, 0.25) is 0 Å². The van der Waals surface area contributed by atoms with Crippen LogP contribution in [0.2, 0.25) is 0 Å². The van der Waals surface area contributed by atoms with Crippen molar-refractivity contribution in [3.63, 3.8) is 0 Å². The van der Waals surface area contributed by atoms with Gasteiger partial charge >= 0.3 is 0 Å². The second kappa shape index (κ2) is 5.47. The Hall–Kier alpha value is -2.13. The van der Waals surface area contributed by atoms with E-state index >= 15 is 0 Å². The summed E-state index contributed by atoms with van der Waals surface area (Å²) < 4.78 is 5.03. The van der Waals surface area contributed by atoms with Gasteiger partial charge in [-0.3, -0.25) is 4.79 Å². The smallest absolute Gasteiger partial charge is 0.193 e. The third kappa shape index (κ3) is 2.76. The van der Waals surface area contributed by atoms with Crippen molar-refractivity contribution in [1.82, 2.24) is 0 Å². The molecule has 3 heteroatoms. The summed E-state index contributed by atoms with van der Waals surface area (Å²) in [5, 5.41) is 0. The number of nitrogen functional groups attached to an aromatic ring is 1. The molecule has 0 amide bonds. The molecule has 2 rings (SSSR count).